The molecule has 0 aliphatic heterocycles. The molecule has 0 fully saturated rings. The molecule has 2 rings (SSSR count). The first-order valence-electron chi connectivity index (χ1n) is 4.75. The maximum atomic E-state index is 10.8. The lowest BCUT2D eigenvalue weighted by molar-refractivity contribution is 0.0695. The summed E-state index contributed by atoms with van der Waals surface area (Å²) in [7, 11) is 0. The van der Waals surface area contributed by atoms with Gasteiger partial charge in [0.1, 0.15) is 5.03 Å². The van der Waals surface area contributed by atoms with Crippen molar-refractivity contribution in [3.8, 4) is 0 Å². The number of carboxylic acid groups (broad SMARTS) is 1. The van der Waals surface area contributed by atoms with Gasteiger partial charge in [0.25, 0.3) is 5.22 Å². The lowest BCUT2D eigenvalue weighted by Crippen LogP contribution is -2.01. The molecular formula is C10H9N3O3S. The van der Waals surface area contributed by atoms with E-state index in [1.54, 1.807) is 19.9 Å². The van der Waals surface area contributed by atoms with Crippen LogP contribution in [0.2, 0.25) is 0 Å². The van der Waals surface area contributed by atoms with Gasteiger partial charge in [-0.25, -0.2) is 9.78 Å². The Morgan fingerprint density at radius 3 is 2.65 bits per heavy atom. The standard InChI is InChI=1S/C10H9N3O3S/c1-5-7(9(14)15)3-4-8(11-5)17-10-13-12-6(2)16-10/h3-4H,1-2H3,(H,14,15). The summed E-state index contributed by atoms with van der Waals surface area (Å²) in [5.41, 5.74) is 0.648. The molecule has 0 radical (unpaired) electrons. The molecule has 0 aromatic carbocycles. The first-order valence-corrected chi connectivity index (χ1v) is 5.57. The summed E-state index contributed by atoms with van der Waals surface area (Å²) in [6.07, 6.45) is 0. The summed E-state index contributed by atoms with van der Waals surface area (Å²) in [6.45, 7) is 3.34. The van der Waals surface area contributed by atoms with Crippen molar-refractivity contribution in [2.45, 2.75) is 24.1 Å². The number of pyridine rings is 1. The molecule has 2 aromatic heterocycles. The Hall–Kier alpha value is -1.89. The minimum atomic E-state index is -0.986. The highest BCUT2D eigenvalue weighted by molar-refractivity contribution is 7.99. The molecule has 2 aromatic rings. The predicted molar refractivity (Wildman–Crippen MR) is 59.1 cm³/mol. The van der Waals surface area contributed by atoms with E-state index in [9.17, 15) is 4.79 Å². The van der Waals surface area contributed by atoms with Crippen LogP contribution in [0.15, 0.2) is 26.8 Å². The number of aryl methyl sites for hydroxylation is 2. The van der Waals surface area contributed by atoms with Gasteiger partial charge in [-0.1, -0.05) is 0 Å². The summed E-state index contributed by atoms with van der Waals surface area (Å²) in [5, 5.41) is 17.4. The molecule has 7 heteroatoms. The van der Waals surface area contributed by atoms with Gasteiger partial charge < -0.3 is 9.52 Å². The minimum absolute atomic E-state index is 0.191. The fourth-order valence-corrected chi connectivity index (χ4v) is 1.97. The van der Waals surface area contributed by atoms with Gasteiger partial charge >= 0.3 is 5.97 Å². The number of hydrogen-bond acceptors (Lipinski definition) is 6. The Balaban J connectivity index is 2.23. The van der Waals surface area contributed by atoms with Gasteiger partial charge in [0.2, 0.25) is 5.89 Å². The monoisotopic (exact) mass is 251 g/mol. The van der Waals surface area contributed by atoms with E-state index in [4.69, 9.17) is 9.52 Å². The number of aromatic carboxylic acids is 1. The average molecular weight is 251 g/mol. The number of carboxylic acids is 1. The largest absolute Gasteiger partial charge is 0.478 e. The van der Waals surface area contributed by atoms with Crippen LogP contribution >= 0.6 is 11.8 Å². The molecule has 0 amide bonds. The quantitative estimate of drug-likeness (QED) is 0.891. The van der Waals surface area contributed by atoms with E-state index in [1.165, 1.54) is 17.8 Å². The first kappa shape index (κ1) is 11.6. The van der Waals surface area contributed by atoms with E-state index >= 15 is 0 Å². The Labute approximate surface area is 101 Å². The molecular weight excluding hydrogens is 242 g/mol. The maximum Gasteiger partial charge on any atom is 0.337 e. The Kier molecular flexibility index (Phi) is 3.10. The topological polar surface area (TPSA) is 89.1 Å². The molecule has 0 aliphatic carbocycles. The van der Waals surface area contributed by atoms with Crippen LogP contribution in [0.5, 0.6) is 0 Å². The lowest BCUT2D eigenvalue weighted by Gasteiger charge is -2.01. The fraction of sp³-hybridized carbons (Fsp3) is 0.200. The maximum absolute atomic E-state index is 10.8. The highest BCUT2D eigenvalue weighted by Crippen LogP contribution is 2.25. The predicted octanol–water partition coefficient (Wildman–Crippen LogP) is 1.93. The second kappa shape index (κ2) is 4.54. The number of hydrogen-bond donors (Lipinski definition) is 1. The smallest absolute Gasteiger partial charge is 0.337 e. The van der Waals surface area contributed by atoms with Crippen LogP contribution in [0, 0.1) is 13.8 Å². The van der Waals surface area contributed by atoms with E-state index in [2.05, 4.69) is 15.2 Å². The van der Waals surface area contributed by atoms with Crippen molar-refractivity contribution in [2.24, 2.45) is 0 Å². The third-order valence-electron chi connectivity index (χ3n) is 1.99. The van der Waals surface area contributed by atoms with Crippen LogP contribution < -0.4 is 0 Å². The molecule has 0 saturated carbocycles. The van der Waals surface area contributed by atoms with Crippen molar-refractivity contribution >= 4 is 17.7 Å². The number of rotatable bonds is 3. The summed E-state index contributed by atoms with van der Waals surface area (Å²) in [4.78, 5) is 15.0. The van der Waals surface area contributed by atoms with Gasteiger partial charge in [0.15, 0.2) is 0 Å². The molecule has 0 aliphatic rings. The van der Waals surface area contributed by atoms with Crippen LogP contribution in [0.3, 0.4) is 0 Å². The van der Waals surface area contributed by atoms with E-state index < -0.39 is 5.97 Å². The third kappa shape index (κ3) is 2.62. The molecule has 0 unspecified atom stereocenters. The summed E-state index contributed by atoms with van der Waals surface area (Å²) in [5.74, 6) is -0.508. The van der Waals surface area contributed by atoms with Gasteiger partial charge in [-0.2, -0.15) is 0 Å². The molecule has 1 N–H and O–H groups in total. The molecule has 88 valence electrons. The van der Waals surface area contributed by atoms with E-state index in [1.807, 2.05) is 0 Å². The second-order valence-electron chi connectivity index (χ2n) is 3.28. The zero-order valence-corrected chi connectivity index (χ0v) is 9.98. The molecule has 0 atom stereocenters. The van der Waals surface area contributed by atoms with Crippen LogP contribution in [0.4, 0.5) is 0 Å². The summed E-state index contributed by atoms with van der Waals surface area (Å²) in [6, 6.07) is 3.12. The first-order chi connectivity index (χ1) is 8.06. The SMILES string of the molecule is Cc1nnc(Sc2ccc(C(=O)O)c(C)n2)o1. The van der Waals surface area contributed by atoms with Gasteiger partial charge in [-0.3, -0.25) is 0 Å². The molecule has 0 saturated heterocycles. The van der Waals surface area contributed by atoms with E-state index in [0.29, 0.717) is 21.8 Å². The van der Waals surface area contributed by atoms with Gasteiger partial charge in [0.05, 0.1) is 11.3 Å². The van der Waals surface area contributed by atoms with Crippen molar-refractivity contribution in [1.29, 1.82) is 0 Å². The summed E-state index contributed by atoms with van der Waals surface area (Å²) >= 11 is 1.20. The van der Waals surface area contributed by atoms with Crippen molar-refractivity contribution in [1.82, 2.24) is 15.2 Å². The fourth-order valence-electron chi connectivity index (χ4n) is 1.23. The zero-order chi connectivity index (χ0) is 12.4. The van der Waals surface area contributed by atoms with Gasteiger partial charge in [-0.15, -0.1) is 10.2 Å². The Morgan fingerprint density at radius 1 is 1.35 bits per heavy atom. The lowest BCUT2D eigenvalue weighted by atomic mass is 10.2. The van der Waals surface area contributed by atoms with Crippen LogP contribution in [0.25, 0.3) is 0 Å². The zero-order valence-electron chi connectivity index (χ0n) is 9.17. The molecule has 6 nitrogen and oxygen atoms in total. The Morgan fingerprint density at radius 2 is 2.12 bits per heavy atom. The van der Waals surface area contributed by atoms with E-state index in [-0.39, 0.29) is 5.56 Å². The second-order valence-corrected chi connectivity index (χ2v) is 4.25. The number of carbonyl (C=O) groups is 1. The van der Waals surface area contributed by atoms with Crippen LogP contribution in [-0.2, 0) is 0 Å². The van der Waals surface area contributed by atoms with Crippen molar-refractivity contribution < 1.29 is 14.3 Å². The third-order valence-corrected chi connectivity index (χ3v) is 2.77. The van der Waals surface area contributed by atoms with Gasteiger partial charge in [-0.05, 0) is 30.8 Å². The average Bonchev–Trinajstić information content (AvgIpc) is 2.63. The van der Waals surface area contributed by atoms with E-state index in [0.717, 1.165) is 0 Å². The molecule has 17 heavy (non-hydrogen) atoms. The molecule has 2 heterocycles. The van der Waals surface area contributed by atoms with Crippen LogP contribution in [0.1, 0.15) is 21.9 Å². The Bertz CT molecular complexity index is 568. The molecule has 0 spiro atoms. The van der Waals surface area contributed by atoms with Crippen molar-refractivity contribution in [3.63, 3.8) is 0 Å². The number of aromatic nitrogens is 3. The van der Waals surface area contributed by atoms with Crippen LogP contribution in [-0.4, -0.2) is 26.3 Å². The number of nitrogens with zero attached hydrogens (tertiary/aromatic N) is 3. The van der Waals surface area contributed by atoms with Crippen molar-refractivity contribution in [3.05, 3.63) is 29.3 Å². The van der Waals surface area contributed by atoms with Gasteiger partial charge in [0, 0.05) is 6.92 Å². The van der Waals surface area contributed by atoms with Crippen molar-refractivity contribution in [2.75, 3.05) is 0 Å². The summed E-state index contributed by atoms with van der Waals surface area (Å²) < 4.78 is 5.19. The highest BCUT2D eigenvalue weighted by atomic mass is 32.2. The normalized spacial score (nSPS) is 10.5. The highest BCUT2D eigenvalue weighted by Gasteiger charge is 2.11. The molecule has 0 bridgehead atoms. The minimum Gasteiger partial charge on any atom is -0.478 e.